The largest absolute Gasteiger partial charge is 0.416 e. The predicted octanol–water partition coefficient (Wildman–Crippen LogP) is 2.88. The van der Waals surface area contributed by atoms with Gasteiger partial charge in [0.2, 0.25) is 0 Å². The van der Waals surface area contributed by atoms with Gasteiger partial charge in [-0.2, -0.15) is 13.2 Å². The van der Waals surface area contributed by atoms with Crippen molar-refractivity contribution in [2.45, 2.75) is 32.5 Å². The number of nitrogen functional groups attached to an aromatic ring is 1. The molecule has 0 aliphatic carbocycles. The number of aliphatic hydroxyl groups is 1. The highest BCUT2D eigenvalue weighted by molar-refractivity contribution is 5.68. The van der Waals surface area contributed by atoms with Gasteiger partial charge in [-0.05, 0) is 39.0 Å². The highest BCUT2D eigenvalue weighted by Gasteiger charge is 2.31. The third-order valence-corrected chi connectivity index (χ3v) is 2.66. The lowest BCUT2D eigenvalue weighted by Gasteiger charge is -2.31. The van der Waals surface area contributed by atoms with E-state index in [2.05, 4.69) is 0 Å². The van der Waals surface area contributed by atoms with Crippen LogP contribution in [0.3, 0.4) is 0 Å². The van der Waals surface area contributed by atoms with Crippen molar-refractivity contribution in [3.05, 3.63) is 23.8 Å². The molecule has 0 fully saturated rings. The Bertz CT molecular complexity index is 438. The van der Waals surface area contributed by atoms with Gasteiger partial charge in [0.25, 0.3) is 0 Å². The van der Waals surface area contributed by atoms with Gasteiger partial charge >= 0.3 is 6.18 Å². The highest BCUT2D eigenvalue weighted by atomic mass is 19.4. The van der Waals surface area contributed by atoms with Crippen molar-refractivity contribution >= 4 is 11.4 Å². The first-order valence-corrected chi connectivity index (χ1v) is 5.98. The van der Waals surface area contributed by atoms with Crippen molar-refractivity contribution in [1.29, 1.82) is 0 Å². The Kier molecular flexibility index (Phi) is 4.35. The zero-order chi connectivity index (χ0) is 14.8. The highest BCUT2D eigenvalue weighted by Crippen LogP contribution is 2.34. The molecule has 0 amide bonds. The van der Waals surface area contributed by atoms with Gasteiger partial charge in [0.1, 0.15) is 0 Å². The second kappa shape index (κ2) is 5.28. The number of hydrogen-bond acceptors (Lipinski definition) is 3. The molecule has 0 aromatic heterocycles. The van der Waals surface area contributed by atoms with Crippen LogP contribution in [-0.4, -0.2) is 23.8 Å². The maximum Gasteiger partial charge on any atom is 0.416 e. The number of benzene rings is 1. The molecule has 0 radical (unpaired) electrons. The maximum absolute atomic E-state index is 12.5. The molecule has 0 aliphatic heterocycles. The summed E-state index contributed by atoms with van der Waals surface area (Å²) in [5.41, 5.74) is 4.52. The van der Waals surface area contributed by atoms with Gasteiger partial charge in [-0.25, -0.2) is 0 Å². The van der Waals surface area contributed by atoms with Gasteiger partial charge in [0.05, 0.1) is 22.5 Å². The Morgan fingerprint density at radius 2 is 1.84 bits per heavy atom. The van der Waals surface area contributed by atoms with E-state index in [-0.39, 0.29) is 5.69 Å². The van der Waals surface area contributed by atoms with Crippen LogP contribution in [0.2, 0.25) is 0 Å². The molecule has 0 spiro atoms. The summed E-state index contributed by atoms with van der Waals surface area (Å²) in [4.78, 5) is 1.75. The molecule has 3 N–H and O–H groups in total. The van der Waals surface area contributed by atoms with Crippen molar-refractivity contribution in [2.24, 2.45) is 0 Å². The van der Waals surface area contributed by atoms with Crippen molar-refractivity contribution < 1.29 is 18.3 Å². The van der Waals surface area contributed by atoms with Gasteiger partial charge in [0, 0.05) is 13.1 Å². The van der Waals surface area contributed by atoms with Crippen molar-refractivity contribution in [3.63, 3.8) is 0 Å². The van der Waals surface area contributed by atoms with E-state index in [1.54, 1.807) is 18.7 Å². The fourth-order valence-electron chi connectivity index (χ4n) is 1.85. The average Bonchev–Trinajstić information content (AvgIpc) is 2.23. The van der Waals surface area contributed by atoms with Crippen LogP contribution in [0.1, 0.15) is 26.3 Å². The summed E-state index contributed by atoms with van der Waals surface area (Å²) in [5, 5.41) is 9.79. The SMILES string of the molecule is CCN(CC(C)(C)O)c1ccc(C(F)(F)F)cc1N. The topological polar surface area (TPSA) is 49.5 Å². The fraction of sp³-hybridized carbons (Fsp3) is 0.538. The molecule has 19 heavy (non-hydrogen) atoms. The minimum atomic E-state index is -4.40. The smallest absolute Gasteiger partial charge is 0.397 e. The lowest BCUT2D eigenvalue weighted by atomic mass is 10.1. The molecule has 3 nitrogen and oxygen atoms in total. The van der Waals surface area contributed by atoms with Crippen LogP contribution in [0.15, 0.2) is 18.2 Å². The number of halogens is 3. The summed E-state index contributed by atoms with van der Waals surface area (Å²) < 4.78 is 37.6. The number of nitrogens with zero attached hydrogens (tertiary/aromatic N) is 1. The number of nitrogens with two attached hydrogens (primary N) is 1. The summed E-state index contributed by atoms with van der Waals surface area (Å²) in [7, 11) is 0. The molecule has 0 bridgehead atoms. The third kappa shape index (κ3) is 4.31. The molecule has 0 heterocycles. The lowest BCUT2D eigenvalue weighted by Crippen LogP contribution is -2.39. The van der Waals surface area contributed by atoms with Crippen LogP contribution in [0, 0.1) is 0 Å². The van der Waals surface area contributed by atoms with Crippen molar-refractivity contribution in [3.8, 4) is 0 Å². The van der Waals surface area contributed by atoms with E-state index in [9.17, 15) is 18.3 Å². The van der Waals surface area contributed by atoms with Crippen LogP contribution in [0.25, 0.3) is 0 Å². The summed E-state index contributed by atoms with van der Waals surface area (Å²) in [6, 6.07) is 3.26. The monoisotopic (exact) mass is 276 g/mol. The molecule has 1 aromatic carbocycles. The molecular weight excluding hydrogens is 257 g/mol. The second-order valence-electron chi connectivity index (χ2n) is 5.10. The quantitative estimate of drug-likeness (QED) is 0.831. The Morgan fingerprint density at radius 3 is 2.21 bits per heavy atom. The van der Waals surface area contributed by atoms with Crippen LogP contribution in [0.5, 0.6) is 0 Å². The number of alkyl halides is 3. The molecule has 0 saturated carbocycles. The number of anilines is 2. The van der Waals surface area contributed by atoms with Crippen LogP contribution in [-0.2, 0) is 6.18 Å². The van der Waals surface area contributed by atoms with E-state index in [0.717, 1.165) is 12.1 Å². The third-order valence-electron chi connectivity index (χ3n) is 2.66. The molecule has 0 saturated heterocycles. The van der Waals surface area contributed by atoms with Crippen LogP contribution in [0.4, 0.5) is 24.5 Å². The minimum Gasteiger partial charge on any atom is -0.397 e. The zero-order valence-corrected chi connectivity index (χ0v) is 11.3. The number of hydrogen-bond donors (Lipinski definition) is 2. The molecule has 108 valence electrons. The number of rotatable bonds is 4. The predicted molar refractivity (Wildman–Crippen MR) is 70.0 cm³/mol. The Balaban J connectivity index is 3.07. The van der Waals surface area contributed by atoms with Crippen LogP contribution < -0.4 is 10.6 Å². The first-order valence-electron chi connectivity index (χ1n) is 5.98. The number of likely N-dealkylation sites (N-methyl/N-ethyl adjacent to an activating group) is 1. The normalized spacial score (nSPS) is 12.6. The second-order valence-corrected chi connectivity index (χ2v) is 5.10. The summed E-state index contributed by atoms with van der Waals surface area (Å²) in [6.07, 6.45) is -4.40. The van der Waals surface area contributed by atoms with Gasteiger partial charge < -0.3 is 15.7 Å². The van der Waals surface area contributed by atoms with Crippen molar-refractivity contribution in [1.82, 2.24) is 0 Å². The Hall–Kier alpha value is -1.43. The molecule has 6 heteroatoms. The molecule has 1 rings (SSSR count). The van der Waals surface area contributed by atoms with E-state index in [4.69, 9.17) is 5.73 Å². The summed E-state index contributed by atoms with van der Waals surface area (Å²) in [6.45, 7) is 5.95. The van der Waals surface area contributed by atoms with Gasteiger partial charge in [-0.15, -0.1) is 0 Å². The summed E-state index contributed by atoms with van der Waals surface area (Å²) >= 11 is 0. The van der Waals surface area contributed by atoms with E-state index in [1.807, 2.05) is 6.92 Å². The lowest BCUT2D eigenvalue weighted by molar-refractivity contribution is -0.137. The van der Waals surface area contributed by atoms with E-state index in [1.165, 1.54) is 6.07 Å². The van der Waals surface area contributed by atoms with Crippen LogP contribution >= 0.6 is 0 Å². The molecule has 0 atom stereocenters. The van der Waals surface area contributed by atoms with E-state index >= 15 is 0 Å². The van der Waals surface area contributed by atoms with Gasteiger partial charge in [-0.1, -0.05) is 0 Å². The van der Waals surface area contributed by atoms with Gasteiger partial charge in [0.15, 0.2) is 0 Å². The van der Waals surface area contributed by atoms with Crippen molar-refractivity contribution in [2.75, 3.05) is 23.7 Å². The molecule has 0 aliphatic rings. The average molecular weight is 276 g/mol. The molecule has 0 unspecified atom stereocenters. The Labute approximate surface area is 110 Å². The van der Waals surface area contributed by atoms with Gasteiger partial charge in [-0.3, -0.25) is 0 Å². The fourth-order valence-corrected chi connectivity index (χ4v) is 1.85. The maximum atomic E-state index is 12.5. The molecular formula is C13H19F3N2O. The van der Waals surface area contributed by atoms with E-state index in [0.29, 0.717) is 18.8 Å². The standard InChI is InChI=1S/C13H19F3N2O/c1-4-18(8-12(2,3)19)11-6-5-9(7-10(11)17)13(14,15)16/h5-7,19H,4,8,17H2,1-3H3. The zero-order valence-electron chi connectivity index (χ0n) is 11.3. The molecule has 1 aromatic rings. The first kappa shape index (κ1) is 15.6. The first-order chi connectivity index (χ1) is 8.54. The Morgan fingerprint density at radius 1 is 1.26 bits per heavy atom. The minimum absolute atomic E-state index is 0.0564. The summed E-state index contributed by atoms with van der Waals surface area (Å²) in [5.74, 6) is 0. The van der Waals surface area contributed by atoms with E-state index < -0.39 is 17.3 Å².